The van der Waals surface area contributed by atoms with Gasteiger partial charge in [0.25, 0.3) is 0 Å². The van der Waals surface area contributed by atoms with Gasteiger partial charge in [-0.3, -0.25) is 4.79 Å². The van der Waals surface area contributed by atoms with Gasteiger partial charge in [-0.05, 0) is 47.6 Å². The predicted octanol–water partition coefficient (Wildman–Crippen LogP) is 5.66. The van der Waals surface area contributed by atoms with Crippen LogP contribution in [0.25, 0.3) is 0 Å². The Morgan fingerprint density at radius 1 is 0.618 bits per heavy atom. The van der Waals surface area contributed by atoms with Gasteiger partial charge in [0.2, 0.25) is 0 Å². The van der Waals surface area contributed by atoms with Crippen LogP contribution in [0.15, 0.2) is 121 Å². The molecule has 0 N–H and O–H groups in total. The summed E-state index contributed by atoms with van der Waals surface area (Å²) in [5.41, 5.74) is 1.28. The minimum absolute atomic E-state index is 0.0412. The maximum absolute atomic E-state index is 13.7. The Hall–Kier alpha value is -3.66. The number of ketones is 1. The van der Waals surface area contributed by atoms with Gasteiger partial charge in [0.05, 0.1) is 0 Å². The third-order valence-corrected chi connectivity index (χ3v) is 10.3. The van der Waals surface area contributed by atoms with E-state index in [9.17, 15) is 10.1 Å². The van der Waals surface area contributed by atoms with Crippen LogP contribution in [-0.2, 0) is 11.2 Å². The molecule has 0 aliphatic rings. The molecule has 0 aliphatic carbocycles. The second-order valence-corrected chi connectivity index (χ2v) is 11.6. The first-order valence-corrected chi connectivity index (χ1v) is 13.5. The van der Waals surface area contributed by atoms with Crippen LogP contribution >= 0.6 is 6.89 Å². The molecule has 0 spiro atoms. The van der Waals surface area contributed by atoms with Gasteiger partial charge in [-0.2, -0.15) is 5.26 Å². The third kappa shape index (κ3) is 4.96. The largest absolute Gasteiger partial charge is 0.293 e. The topological polar surface area (TPSA) is 40.9 Å². The molecule has 0 saturated carbocycles. The first-order valence-electron chi connectivity index (χ1n) is 11.7. The van der Waals surface area contributed by atoms with E-state index in [1.807, 2.05) is 72.8 Å². The lowest BCUT2D eigenvalue weighted by Crippen LogP contribution is -2.33. The molecule has 0 unspecified atom stereocenters. The minimum Gasteiger partial charge on any atom is -0.293 e. The summed E-state index contributed by atoms with van der Waals surface area (Å²) in [5.74, 6) is -0.0412. The smallest absolute Gasteiger partial charge is 0.174 e. The van der Waals surface area contributed by atoms with E-state index < -0.39 is 6.89 Å². The Morgan fingerprint density at radius 2 is 1.03 bits per heavy atom. The van der Waals surface area contributed by atoms with E-state index in [0.717, 1.165) is 35.2 Å². The van der Waals surface area contributed by atoms with Crippen molar-refractivity contribution in [3.8, 4) is 6.07 Å². The van der Waals surface area contributed by atoms with Crippen molar-refractivity contribution < 1.29 is 4.79 Å². The van der Waals surface area contributed by atoms with Gasteiger partial charge in [0.15, 0.2) is 5.78 Å². The molecule has 4 aromatic rings. The number of hydrogen-bond acceptors (Lipinski definition) is 2. The van der Waals surface area contributed by atoms with Crippen molar-refractivity contribution in [2.45, 2.75) is 25.7 Å². The molecule has 0 saturated heterocycles. The first-order chi connectivity index (χ1) is 16.8. The summed E-state index contributed by atoms with van der Waals surface area (Å²) in [5, 5.41) is 13.9. The lowest BCUT2D eigenvalue weighted by molar-refractivity contribution is -0.112. The average Bonchev–Trinajstić information content (AvgIpc) is 2.91. The molecule has 0 aromatic heterocycles. The Labute approximate surface area is 202 Å². The van der Waals surface area contributed by atoms with E-state index in [4.69, 9.17) is 0 Å². The van der Waals surface area contributed by atoms with Gasteiger partial charge in [0, 0.05) is 6.42 Å². The maximum atomic E-state index is 13.7. The maximum Gasteiger partial charge on any atom is 0.174 e. The fourth-order valence-electron chi connectivity index (χ4n) is 4.49. The first kappa shape index (κ1) is 23.5. The molecule has 34 heavy (non-hydrogen) atoms. The number of Topliss-reactive ketones (excluding diaryl/α,β-unsaturated/α-hetero) is 1. The van der Waals surface area contributed by atoms with Crippen LogP contribution in [0.3, 0.4) is 0 Å². The Bertz CT molecular complexity index is 1200. The lowest BCUT2D eigenvalue weighted by atomic mass is 10.1. The summed E-state index contributed by atoms with van der Waals surface area (Å²) in [7, 11) is 0. The normalized spacial score (nSPS) is 10.9. The number of rotatable bonds is 9. The van der Waals surface area contributed by atoms with Crippen LogP contribution in [0.5, 0.6) is 0 Å². The number of carbonyl (C=O) groups excluding carboxylic acids is 1. The van der Waals surface area contributed by atoms with Gasteiger partial charge < -0.3 is 0 Å². The molecule has 0 amide bonds. The van der Waals surface area contributed by atoms with Crippen molar-refractivity contribution in [3.63, 3.8) is 0 Å². The van der Waals surface area contributed by atoms with Crippen LogP contribution in [0.1, 0.15) is 24.8 Å². The van der Waals surface area contributed by atoms with Crippen molar-refractivity contribution in [1.29, 1.82) is 5.26 Å². The molecule has 4 rings (SSSR count). The second kappa shape index (κ2) is 11.5. The van der Waals surface area contributed by atoms with Crippen molar-refractivity contribution in [3.05, 3.63) is 127 Å². The third-order valence-electron chi connectivity index (χ3n) is 6.10. The monoisotopic (exact) mass is 461 g/mol. The molecular weight excluding hydrogens is 433 g/mol. The summed E-state index contributed by atoms with van der Waals surface area (Å²) >= 11 is 0. The number of nitrogens with zero attached hydrogens (tertiary/aromatic N) is 1. The molecule has 3 heteroatoms. The van der Waals surface area contributed by atoms with Crippen LogP contribution in [-0.4, -0.2) is 11.1 Å². The van der Waals surface area contributed by atoms with Crippen molar-refractivity contribution in [2.24, 2.45) is 0 Å². The van der Waals surface area contributed by atoms with E-state index >= 15 is 0 Å². The van der Waals surface area contributed by atoms with Gasteiger partial charge >= 0.3 is 0 Å². The van der Waals surface area contributed by atoms with E-state index in [1.54, 1.807) is 0 Å². The Balaban J connectivity index is 1.81. The van der Waals surface area contributed by atoms with E-state index in [1.165, 1.54) is 5.56 Å². The Kier molecular flexibility index (Phi) is 7.92. The molecule has 0 bridgehead atoms. The van der Waals surface area contributed by atoms with Crippen LogP contribution in [0.4, 0.5) is 0 Å². The highest BCUT2D eigenvalue weighted by Gasteiger charge is 2.32. The summed E-state index contributed by atoms with van der Waals surface area (Å²) < 4.78 is 0. The highest BCUT2D eigenvalue weighted by Crippen LogP contribution is 2.46. The quantitative estimate of drug-likeness (QED) is 0.238. The summed E-state index contributed by atoms with van der Waals surface area (Å²) in [6, 6.07) is 43.0. The highest BCUT2D eigenvalue weighted by atomic mass is 31.2. The van der Waals surface area contributed by atoms with Crippen LogP contribution in [0, 0.1) is 11.3 Å². The molecule has 0 aliphatic heterocycles. The molecule has 0 heterocycles. The zero-order valence-electron chi connectivity index (χ0n) is 19.2. The number of benzene rings is 4. The zero-order valence-corrected chi connectivity index (χ0v) is 20.1. The van der Waals surface area contributed by atoms with Crippen molar-refractivity contribution in [1.82, 2.24) is 0 Å². The van der Waals surface area contributed by atoms with Gasteiger partial charge in [-0.25, -0.2) is 0 Å². The minimum atomic E-state index is -2.62. The molecule has 2 nitrogen and oxygen atoms in total. The number of aryl methyl sites for hydroxylation is 1. The highest BCUT2D eigenvalue weighted by molar-refractivity contribution is 7.96. The van der Waals surface area contributed by atoms with Crippen LogP contribution < -0.4 is 15.9 Å². The molecule has 4 aromatic carbocycles. The lowest BCUT2D eigenvalue weighted by Gasteiger charge is -2.30. The summed E-state index contributed by atoms with van der Waals surface area (Å²) in [4.78, 5) is 13.7. The fourth-order valence-corrected chi connectivity index (χ4v) is 8.65. The SMILES string of the molecule is N#CC(C(=O)CCCCc1ccccc1)=P(c1ccccc1)(c1ccccc1)c1ccccc1. The predicted molar refractivity (Wildman–Crippen MR) is 145 cm³/mol. The second-order valence-electron chi connectivity index (χ2n) is 8.25. The summed E-state index contributed by atoms with van der Waals surface area (Å²) in [6.07, 6.45) is 3.00. The fraction of sp³-hybridized carbons (Fsp3) is 0.129. The van der Waals surface area contributed by atoms with Crippen molar-refractivity contribution in [2.75, 3.05) is 0 Å². The standard InChI is InChI=1S/C31H28NOP/c32-25-31(30(33)24-14-13-17-26-15-5-1-6-16-26)34(27-18-7-2-8-19-27,28-20-9-3-10-21-28)29-22-11-4-12-23-29/h1-12,15-16,18-23H,13-14,17,24H2. The molecule has 168 valence electrons. The van der Waals surface area contributed by atoms with E-state index in [0.29, 0.717) is 11.7 Å². The van der Waals surface area contributed by atoms with Gasteiger partial charge in [-0.1, -0.05) is 121 Å². The Morgan fingerprint density at radius 3 is 1.44 bits per heavy atom. The number of nitriles is 1. The van der Waals surface area contributed by atoms with Gasteiger partial charge in [0.1, 0.15) is 11.4 Å². The van der Waals surface area contributed by atoms with E-state index in [-0.39, 0.29) is 5.78 Å². The number of unbranched alkanes of at least 4 members (excludes halogenated alkanes) is 1. The molecule has 0 atom stereocenters. The summed E-state index contributed by atoms with van der Waals surface area (Å²) in [6.45, 7) is -2.62. The van der Waals surface area contributed by atoms with Crippen molar-refractivity contribution >= 4 is 33.9 Å². The average molecular weight is 462 g/mol. The van der Waals surface area contributed by atoms with Crippen LogP contribution in [0.2, 0.25) is 0 Å². The zero-order chi connectivity index (χ0) is 23.6. The molecule has 0 fully saturated rings. The van der Waals surface area contributed by atoms with Gasteiger partial charge in [-0.15, -0.1) is 0 Å². The molecular formula is C31H28NOP. The number of carbonyl (C=O) groups is 1. The van der Waals surface area contributed by atoms with E-state index in [2.05, 4.69) is 54.6 Å². The number of hydrogen-bond donors (Lipinski definition) is 0. The molecule has 0 radical (unpaired) electrons.